The Morgan fingerprint density at radius 3 is 2.55 bits per heavy atom. The highest BCUT2D eigenvalue weighted by molar-refractivity contribution is 5.79. The molecule has 0 fully saturated rings. The molecule has 0 aromatic carbocycles. The Bertz CT molecular complexity index is 433. The summed E-state index contributed by atoms with van der Waals surface area (Å²) in [7, 11) is 0. The molecule has 0 aliphatic heterocycles. The van der Waals surface area contributed by atoms with E-state index in [2.05, 4.69) is 39.6 Å². The van der Waals surface area contributed by atoms with Gasteiger partial charge in [-0.3, -0.25) is 0 Å². The van der Waals surface area contributed by atoms with Gasteiger partial charge in [0, 0.05) is 18.0 Å². The number of aliphatic imine (C=N–C) groups is 1. The third-order valence-electron chi connectivity index (χ3n) is 2.83. The molecule has 0 bridgehead atoms. The molecule has 1 atom stereocenters. The van der Waals surface area contributed by atoms with Gasteiger partial charge in [-0.15, -0.1) is 0 Å². The predicted octanol–water partition coefficient (Wildman–Crippen LogP) is 2.22. The van der Waals surface area contributed by atoms with E-state index in [-0.39, 0.29) is 5.41 Å². The van der Waals surface area contributed by atoms with Crippen molar-refractivity contribution in [1.82, 2.24) is 20.8 Å². The SMILES string of the molecule is CCNC(=NCc1noc(C(C)(C)C)n1)NC(C)CC. The van der Waals surface area contributed by atoms with E-state index in [1.165, 1.54) is 0 Å². The van der Waals surface area contributed by atoms with Crippen molar-refractivity contribution in [2.24, 2.45) is 4.99 Å². The molecule has 1 heterocycles. The van der Waals surface area contributed by atoms with Crippen molar-refractivity contribution >= 4 is 5.96 Å². The molecule has 1 aromatic heterocycles. The fraction of sp³-hybridized carbons (Fsp3) is 0.786. The van der Waals surface area contributed by atoms with E-state index in [9.17, 15) is 0 Å². The summed E-state index contributed by atoms with van der Waals surface area (Å²) in [5.74, 6) is 2.03. The normalized spacial score (nSPS) is 14.2. The molecular formula is C14H27N5O. The van der Waals surface area contributed by atoms with E-state index < -0.39 is 0 Å². The Hall–Kier alpha value is -1.59. The minimum Gasteiger partial charge on any atom is -0.357 e. The summed E-state index contributed by atoms with van der Waals surface area (Å²) in [5.41, 5.74) is -0.131. The van der Waals surface area contributed by atoms with Crippen LogP contribution in [-0.4, -0.2) is 28.7 Å². The van der Waals surface area contributed by atoms with Gasteiger partial charge in [-0.25, -0.2) is 4.99 Å². The highest BCUT2D eigenvalue weighted by Crippen LogP contribution is 2.19. The molecule has 0 aliphatic carbocycles. The lowest BCUT2D eigenvalue weighted by molar-refractivity contribution is 0.318. The molecule has 0 spiro atoms. The van der Waals surface area contributed by atoms with Gasteiger partial charge in [-0.2, -0.15) is 4.98 Å². The first-order valence-electron chi connectivity index (χ1n) is 7.24. The lowest BCUT2D eigenvalue weighted by Crippen LogP contribution is -2.41. The largest absolute Gasteiger partial charge is 0.357 e. The predicted molar refractivity (Wildman–Crippen MR) is 80.7 cm³/mol. The van der Waals surface area contributed by atoms with Crippen LogP contribution in [0.15, 0.2) is 9.52 Å². The second-order valence-electron chi connectivity index (χ2n) is 5.91. The van der Waals surface area contributed by atoms with Crippen LogP contribution in [0.25, 0.3) is 0 Å². The van der Waals surface area contributed by atoms with E-state index in [0.717, 1.165) is 18.9 Å². The molecule has 0 amide bonds. The molecule has 0 saturated carbocycles. The summed E-state index contributed by atoms with van der Waals surface area (Å²) in [4.78, 5) is 8.85. The smallest absolute Gasteiger partial charge is 0.232 e. The van der Waals surface area contributed by atoms with Gasteiger partial charge >= 0.3 is 0 Å². The number of nitrogens with one attached hydrogen (secondary N) is 2. The van der Waals surface area contributed by atoms with Crippen molar-refractivity contribution in [3.8, 4) is 0 Å². The fourth-order valence-electron chi connectivity index (χ4n) is 1.43. The quantitative estimate of drug-likeness (QED) is 0.639. The Labute approximate surface area is 121 Å². The number of hydrogen-bond acceptors (Lipinski definition) is 4. The average molecular weight is 281 g/mol. The first-order valence-corrected chi connectivity index (χ1v) is 7.24. The zero-order valence-electron chi connectivity index (χ0n) is 13.4. The molecule has 1 rings (SSSR count). The van der Waals surface area contributed by atoms with E-state index >= 15 is 0 Å². The Balaban J connectivity index is 2.69. The summed E-state index contributed by atoms with van der Waals surface area (Å²) >= 11 is 0. The molecule has 6 nitrogen and oxygen atoms in total. The highest BCUT2D eigenvalue weighted by atomic mass is 16.5. The summed E-state index contributed by atoms with van der Waals surface area (Å²) in [6.07, 6.45) is 1.04. The summed E-state index contributed by atoms with van der Waals surface area (Å²) < 4.78 is 5.25. The number of aromatic nitrogens is 2. The van der Waals surface area contributed by atoms with Crippen LogP contribution in [0, 0.1) is 0 Å². The number of hydrogen-bond donors (Lipinski definition) is 2. The van der Waals surface area contributed by atoms with Crippen LogP contribution in [0.3, 0.4) is 0 Å². The molecule has 0 saturated heterocycles. The first-order chi connectivity index (χ1) is 9.36. The zero-order valence-corrected chi connectivity index (χ0v) is 13.4. The van der Waals surface area contributed by atoms with Crippen LogP contribution >= 0.6 is 0 Å². The minimum absolute atomic E-state index is 0.131. The molecule has 114 valence electrons. The van der Waals surface area contributed by atoms with Gasteiger partial charge in [0.15, 0.2) is 11.8 Å². The second-order valence-corrected chi connectivity index (χ2v) is 5.91. The van der Waals surface area contributed by atoms with Gasteiger partial charge in [-0.1, -0.05) is 32.9 Å². The van der Waals surface area contributed by atoms with Crippen molar-refractivity contribution < 1.29 is 4.52 Å². The van der Waals surface area contributed by atoms with Crippen molar-refractivity contribution in [2.75, 3.05) is 6.54 Å². The third-order valence-corrected chi connectivity index (χ3v) is 2.83. The van der Waals surface area contributed by atoms with Crippen LogP contribution in [0.1, 0.15) is 59.7 Å². The summed E-state index contributed by atoms with van der Waals surface area (Å²) in [6.45, 7) is 13.7. The third kappa shape index (κ3) is 5.19. The summed E-state index contributed by atoms with van der Waals surface area (Å²) in [6, 6.07) is 0.378. The topological polar surface area (TPSA) is 75.3 Å². The fourth-order valence-corrected chi connectivity index (χ4v) is 1.43. The Kier molecular flexibility index (Phi) is 5.98. The minimum atomic E-state index is -0.131. The van der Waals surface area contributed by atoms with Crippen LogP contribution in [0.2, 0.25) is 0 Å². The van der Waals surface area contributed by atoms with Crippen LogP contribution < -0.4 is 10.6 Å². The second kappa shape index (κ2) is 7.26. The Morgan fingerprint density at radius 1 is 1.35 bits per heavy atom. The highest BCUT2D eigenvalue weighted by Gasteiger charge is 2.21. The number of guanidine groups is 1. The monoisotopic (exact) mass is 281 g/mol. The van der Waals surface area contributed by atoms with Gasteiger partial charge < -0.3 is 15.2 Å². The van der Waals surface area contributed by atoms with Crippen LogP contribution in [-0.2, 0) is 12.0 Å². The molecule has 1 aromatic rings. The zero-order chi connectivity index (χ0) is 15.2. The molecule has 20 heavy (non-hydrogen) atoms. The maximum Gasteiger partial charge on any atom is 0.232 e. The number of nitrogens with zero attached hydrogens (tertiary/aromatic N) is 3. The van der Waals surface area contributed by atoms with Crippen molar-refractivity contribution in [2.45, 2.75) is 66.0 Å². The van der Waals surface area contributed by atoms with E-state index in [4.69, 9.17) is 4.52 Å². The average Bonchev–Trinajstić information content (AvgIpc) is 2.84. The maximum atomic E-state index is 5.25. The first kappa shape index (κ1) is 16.5. The lowest BCUT2D eigenvalue weighted by atomic mass is 9.97. The van der Waals surface area contributed by atoms with E-state index in [0.29, 0.717) is 24.3 Å². The van der Waals surface area contributed by atoms with E-state index in [1.54, 1.807) is 0 Å². The van der Waals surface area contributed by atoms with Crippen molar-refractivity contribution in [1.29, 1.82) is 0 Å². The van der Waals surface area contributed by atoms with Crippen LogP contribution in [0.4, 0.5) is 0 Å². The van der Waals surface area contributed by atoms with Crippen molar-refractivity contribution in [3.63, 3.8) is 0 Å². The molecule has 6 heteroatoms. The van der Waals surface area contributed by atoms with Crippen molar-refractivity contribution in [3.05, 3.63) is 11.7 Å². The van der Waals surface area contributed by atoms with Gasteiger partial charge in [0.25, 0.3) is 0 Å². The molecule has 1 unspecified atom stereocenters. The summed E-state index contributed by atoms with van der Waals surface area (Å²) in [5, 5.41) is 10.5. The van der Waals surface area contributed by atoms with Gasteiger partial charge in [0.1, 0.15) is 6.54 Å². The van der Waals surface area contributed by atoms with Gasteiger partial charge in [-0.05, 0) is 20.3 Å². The molecule has 0 radical (unpaired) electrons. The number of rotatable bonds is 5. The van der Waals surface area contributed by atoms with Crippen LogP contribution in [0.5, 0.6) is 0 Å². The Morgan fingerprint density at radius 2 is 2.05 bits per heavy atom. The standard InChI is InChI=1S/C14H27N5O/c1-7-10(3)17-13(15-8-2)16-9-11-18-12(20-19-11)14(4,5)6/h10H,7-9H2,1-6H3,(H2,15,16,17). The lowest BCUT2D eigenvalue weighted by Gasteiger charge is -2.15. The van der Waals surface area contributed by atoms with E-state index in [1.807, 2.05) is 27.7 Å². The molecule has 0 aliphatic rings. The van der Waals surface area contributed by atoms with Gasteiger partial charge in [0.2, 0.25) is 5.89 Å². The molecular weight excluding hydrogens is 254 g/mol. The maximum absolute atomic E-state index is 5.25. The molecule has 2 N–H and O–H groups in total. The van der Waals surface area contributed by atoms with Gasteiger partial charge in [0.05, 0.1) is 0 Å².